The van der Waals surface area contributed by atoms with E-state index >= 15 is 0 Å². The molecule has 0 spiro atoms. The molecule has 2 aromatic rings. The predicted molar refractivity (Wildman–Crippen MR) is 84.3 cm³/mol. The highest BCUT2D eigenvalue weighted by Crippen LogP contribution is 2.22. The van der Waals surface area contributed by atoms with Crippen molar-refractivity contribution in [2.45, 2.75) is 52.2 Å². The van der Waals surface area contributed by atoms with E-state index in [4.69, 9.17) is 9.26 Å². The van der Waals surface area contributed by atoms with Crippen LogP contribution in [0.5, 0.6) is 5.75 Å². The molecule has 0 fully saturated rings. The lowest BCUT2D eigenvalue weighted by Crippen LogP contribution is -2.14. The minimum atomic E-state index is -2.89. The Hall–Kier alpha value is -2.51. The molecule has 1 heterocycles. The van der Waals surface area contributed by atoms with Crippen LogP contribution in [0.2, 0.25) is 0 Å². The third kappa shape index (κ3) is 5.51. The first-order valence-corrected chi connectivity index (χ1v) is 7.72. The summed E-state index contributed by atoms with van der Waals surface area (Å²) in [5.41, 5.74) is 0.341. The zero-order valence-corrected chi connectivity index (χ0v) is 14.5. The van der Waals surface area contributed by atoms with Gasteiger partial charge in [-0.05, 0) is 24.6 Å². The van der Waals surface area contributed by atoms with Crippen molar-refractivity contribution in [2.24, 2.45) is 0 Å². The van der Waals surface area contributed by atoms with Gasteiger partial charge in [0.15, 0.2) is 11.9 Å². The summed E-state index contributed by atoms with van der Waals surface area (Å²) < 4.78 is 38.8. The van der Waals surface area contributed by atoms with Crippen molar-refractivity contribution in [3.8, 4) is 5.75 Å². The molecule has 1 aromatic heterocycles. The zero-order chi connectivity index (χ0) is 18.6. The first kappa shape index (κ1) is 18.8. The molecule has 0 radical (unpaired) electrons. The fraction of sp³-hybridized carbons (Fsp3) is 0.471. The van der Waals surface area contributed by atoms with Gasteiger partial charge in [-0.15, -0.1) is 0 Å². The van der Waals surface area contributed by atoms with E-state index in [1.807, 2.05) is 20.8 Å². The lowest BCUT2D eigenvalue weighted by Gasteiger charge is -2.12. The number of alkyl halides is 2. The van der Waals surface area contributed by atoms with E-state index in [-0.39, 0.29) is 23.5 Å². The molecule has 136 valence electrons. The molecule has 0 N–H and O–H groups in total. The van der Waals surface area contributed by atoms with Crippen LogP contribution in [-0.4, -0.2) is 22.7 Å². The summed E-state index contributed by atoms with van der Waals surface area (Å²) >= 11 is 0. The number of carbonyl (C=O) groups excluding carboxylic acids is 1. The minimum absolute atomic E-state index is 0.0143. The van der Waals surface area contributed by atoms with Gasteiger partial charge in [0.2, 0.25) is 0 Å². The minimum Gasteiger partial charge on any atom is -0.452 e. The molecule has 0 aliphatic carbocycles. The van der Waals surface area contributed by atoms with Gasteiger partial charge >= 0.3 is 12.6 Å². The summed E-state index contributed by atoms with van der Waals surface area (Å²) in [6.07, 6.45) is -0.697. The molecule has 6 nitrogen and oxygen atoms in total. The van der Waals surface area contributed by atoms with Crippen molar-refractivity contribution in [3.05, 3.63) is 41.5 Å². The highest BCUT2D eigenvalue weighted by atomic mass is 19.3. The number of ether oxygens (including phenoxy) is 2. The molecule has 1 atom stereocenters. The molecule has 2 rings (SSSR count). The molecule has 1 unspecified atom stereocenters. The Morgan fingerprint density at radius 1 is 1.24 bits per heavy atom. The monoisotopic (exact) mass is 354 g/mol. The third-order valence-corrected chi connectivity index (χ3v) is 3.27. The highest BCUT2D eigenvalue weighted by Gasteiger charge is 2.24. The molecular weight excluding hydrogens is 334 g/mol. The van der Waals surface area contributed by atoms with Crippen LogP contribution in [0.3, 0.4) is 0 Å². The van der Waals surface area contributed by atoms with E-state index in [1.54, 1.807) is 6.92 Å². The zero-order valence-electron chi connectivity index (χ0n) is 14.5. The summed E-state index contributed by atoms with van der Waals surface area (Å²) in [5.74, 6) is 0.283. The van der Waals surface area contributed by atoms with Crippen LogP contribution in [0, 0.1) is 0 Å². The van der Waals surface area contributed by atoms with Gasteiger partial charge < -0.3 is 14.0 Å². The maximum Gasteiger partial charge on any atom is 0.387 e. The fourth-order valence-electron chi connectivity index (χ4n) is 1.95. The van der Waals surface area contributed by atoms with Crippen molar-refractivity contribution in [1.82, 2.24) is 10.1 Å². The van der Waals surface area contributed by atoms with Crippen molar-refractivity contribution in [3.63, 3.8) is 0 Å². The Morgan fingerprint density at radius 3 is 2.40 bits per heavy atom. The number of benzene rings is 1. The van der Waals surface area contributed by atoms with E-state index in [0.717, 1.165) is 0 Å². The molecule has 0 amide bonds. The number of rotatable bonds is 6. The smallest absolute Gasteiger partial charge is 0.387 e. The first-order chi connectivity index (χ1) is 11.6. The standard InChI is InChI=1S/C17H20F2N2O4/c1-10(14-20-15(21-25-14)17(2,3)4)23-13(22)9-11-5-7-12(8-6-11)24-16(18)19/h5-8,10,16H,9H2,1-4H3. The SMILES string of the molecule is CC(OC(=O)Cc1ccc(OC(F)F)cc1)c1nc(C(C)(C)C)no1. The summed E-state index contributed by atoms with van der Waals surface area (Å²) in [6.45, 7) is 4.58. The number of halogens is 2. The van der Waals surface area contributed by atoms with E-state index in [9.17, 15) is 13.6 Å². The molecule has 8 heteroatoms. The summed E-state index contributed by atoms with van der Waals surface area (Å²) in [7, 11) is 0. The number of hydrogen-bond donors (Lipinski definition) is 0. The van der Waals surface area contributed by atoms with Gasteiger partial charge in [0, 0.05) is 5.41 Å². The van der Waals surface area contributed by atoms with Crippen LogP contribution in [0.4, 0.5) is 8.78 Å². The number of aromatic nitrogens is 2. The second kappa shape index (κ2) is 7.58. The van der Waals surface area contributed by atoms with Gasteiger partial charge in [0.05, 0.1) is 6.42 Å². The highest BCUT2D eigenvalue weighted by molar-refractivity contribution is 5.72. The molecule has 0 bridgehead atoms. The second-order valence-electron chi connectivity index (χ2n) is 6.54. The molecule has 0 aliphatic heterocycles. The normalized spacial score (nSPS) is 12.9. The van der Waals surface area contributed by atoms with Gasteiger partial charge in [-0.2, -0.15) is 13.8 Å². The second-order valence-corrected chi connectivity index (χ2v) is 6.54. The molecule has 0 aliphatic rings. The van der Waals surface area contributed by atoms with Gasteiger partial charge in [0.25, 0.3) is 5.89 Å². The molecule has 25 heavy (non-hydrogen) atoms. The molecule has 0 saturated heterocycles. The Morgan fingerprint density at radius 2 is 1.88 bits per heavy atom. The van der Waals surface area contributed by atoms with Crippen LogP contribution >= 0.6 is 0 Å². The largest absolute Gasteiger partial charge is 0.452 e. The maximum atomic E-state index is 12.1. The van der Waals surface area contributed by atoms with E-state index in [1.165, 1.54) is 24.3 Å². The molecule has 0 saturated carbocycles. The number of esters is 1. The van der Waals surface area contributed by atoms with Gasteiger partial charge in [-0.3, -0.25) is 4.79 Å². The van der Waals surface area contributed by atoms with Crippen molar-refractivity contribution >= 4 is 5.97 Å². The summed E-state index contributed by atoms with van der Waals surface area (Å²) in [6, 6.07) is 5.78. The quantitative estimate of drug-likeness (QED) is 0.734. The van der Waals surface area contributed by atoms with Gasteiger partial charge in [-0.1, -0.05) is 38.1 Å². The topological polar surface area (TPSA) is 74.5 Å². The fourth-order valence-corrected chi connectivity index (χ4v) is 1.95. The van der Waals surface area contributed by atoms with Crippen LogP contribution in [0.1, 0.15) is 51.1 Å². The van der Waals surface area contributed by atoms with Crippen molar-refractivity contribution in [1.29, 1.82) is 0 Å². The summed E-state index contributed by atoms with van der Waals surface area (Å²) in [4.78, 5) is 16.2. The lowest BCUT2D eigenvalue weighted by atomic mass is 9.96. The van der Waals surface area contributed by atoms with E-state index in [2.05, 4.69) is 14.9 Å². The van der Waals surface area contributed by atoms with Crippen LogP contribution < -0.4 is 4.74 Å². The first-order valence-electron chi connectivity index (χ1n) is 7.72. The average molecular weight is 354 g/mol. The van der Waals surface area contributed by atoms with Crippen molar-refractivity contribution < 1.29 is 27.6 Å². The Balaban J connectivity index is 1.92. The number of nitrogens with zero attached hydrogens (tertiary/aromatic N) is 2. The Kier molecular flexibility index (Phi) is 5.71. The maximum absolute atomic E-state index is 12.1. The van der Waals surface area contributed by atoms with E-state index in [0.29, 0.717) is 11.4 Å². The Labute approximate surface area is 144 Å². The summed E-state index contributed by atoms with van der Waals surface area (Å²) in [5, 5.41) is 3.88. The van der Waals surface area contributed by atoms with Crippen LogP contribution in [0.25, 0.3) is 0 Å². The number of carbonyl (C=O) groups is 1. The van der Waals surface area contributed by atoms with Gasteiger partial charge in [-0.25, -0.2) is 0 Å². The lowest BCUT2D eigenvalue weighted by molar-refractivity contribution is -0.148. The third-order valence-electron chi connectivity index (χ3n) is 3.27. The number of hydrogen-bond acceptors (Lipinski definition) is 6. The van der Waals surface area contributed by atoms with Crippen LogP contribution in [-0.2, 0) is 21.4 Å². The average Bonchev–Trinajstić information content (AvgIpc) is 2.98. The van der Waals surface area contributed by atoms with Gasteiger partial charge in [0.1, 0.15) is 5.75 Å². The predicted octanol–water partition coefficient (Wildman–Crippen LogP) is 3.82. The molecular formula is C17H20F2N2O4. The van der Waals surface area contributed by atoms with E-state index < -0.39 is 18.7 Å². The van der Waals surface area contributed by atoms with Crippen LogP contribution in [0.15, 0.2) is 28.8 Å². The Bertz CT molecular complexity index is 708. The van der Waals surface area contributed by atoms with Crippen molar-refractivity contribution in [2.75, 3.05) is 0 Å². The molecule has 1 aromatic carbocycles.